The SMILES string of the molecule is [CH2]COCC(OCC)OC(=O)C(C)Cl. The monoisotopic (exact) mass is 223 g/mol. The minimum absolute atomic E-state index is 0.173. The second kappa shape index (κ2) is 8.03. The van der Waals surface area contributed by atoms with Gasteiger partial charge in [-0.2, -0.15) is 0 Å². The molecule has 5 heteroatoms. The number of alkyl halides is 1. The highest BCUT2D eigenvalue weighted by molar-refractivity contribution is 6.29. The van der Waals surface area contributed by atoms with Crippen molar-refractivity contribution in [3.05, 3.63) is 6.92 Å². The van der Waals surface area contributed by atoms with Gasteiger partial charge in [-0.25, -0.2) is 0 Å². The van der Waals surface area contributed by atoms with E-state index in [-0.39, 0.29) is 6.61 Å². The predicted octanol–water partition coefficient (Wildman–Crippen LogP) is 1.37. The van der Waals surface area contributed by atoms with E-state index in [9.17, 15) is 4.79 Å². The first-order valence-corrected chi connectivity index (χ1v) is 4.88. The Labute approximate surface area is 89.5 Å². The topological polar surface area (TPSA) is 44.8 Å². The summed E-state index contributed by atoms with van der Waals surface area (Å²) in [5.74, 6) is -0.516. The minimum atomic E-state index is -0.699. The van der Waals surface area contributed by atoms with E-state index in [1.165, 1.54) is 6.92 Å². The van der Waals surface area contributed by atoms with Gasteiger partial charge in [0, 0.05) is 13.2 Å². The van der Waals surface area contributed by atoms with Crippen LogP contribution in [0.1, 0.15) is 13.8 Å². The van der Waals surface area contributed by atoms with Crippen LogP contribution in [0.4, 0.5) is 0 Å². The Morgan fingerprint density at radius 2 is 2.21 bits per heavy atom. The molecule has 0 aromatic carbocycles. The molecule has 0 aliphatic rings. The van der Waals surface area contributed by atoms with E-state index in [2.05, 4.69) is 6.92 Å². The number of carbonyl (C=O) groups is 1. The van der Waals surface area contributed by atoms with Crippen molar-refractivity contribution < 1.29 is 19.0 Å². The fourth-order valence-electron chi connectivity index (χ4n) is 0.705. The van der Waals surface area contributed by atoms with Crippen molar-refractivity contribution in [1.29, 1.82) is 0 Å². The lowest BCUT2D eigenvalue weighted by Gasteiger charge is -2.17. The van der Waals surface area contributed by atoms with Gasteiger partial charge in [0.1, 0.15) is 12.0 Å². The van der Waals surface area contributed by atoms with Crippen molar-refractivity contribution in [3.63, 3.8) is 0 Å². The highest BCUT2D eigenvalue weighted by Crippen LogP contribution is 2.03. The second-order valence-electron chi connectivity index (χ2n) is 2.51. The summed E-state index contributed by atoms with van der Waals surface area (Å²) in [5.41, 5.74) is 0. The van der Waals surface area contributed by atoms with Crippen LogP contribution in [0.2, 0.25) is 0 Å². The fourth-order valence-corrected chi connectivity index (χ4v) is 0.756. The Hall–Kier alpha value is -0.320. The third-order valence-electron chi connectivity index (χ3n) is 1.32. The van der Waals surface area contributed by atoms with Crippen LogP contribution < -0.4 is 0 Å². The molecule has 0 heterocycles. The molecule has 0 saturated carbocycles. The Morgan fingerprint density at radius 1 is 1.57 bits per heavy atom. The van der Waals surface area contributed by atoms with Crippen LogP contribution in [0.25, 0.3) is 0 Å². The third kappa shape index (κ3) is 6.18. The van der Waals surface area contributed by atoms with Gasteiger partial charge in [0.05, 0.1) is 0 Å². The lowest BCUT2D eigenvalue weighted by Crippen LogP contribution is -2.29. The standard InChI is InChI=1S/C9H16ClO4/c1-4-12-6-8(13-5-2)14-9(11)7(3)10/h7-8H,1,4-6H2,2-3H3. The van der Waals surface area contributed by atoms with Crippen LogP contribution in [-0.2, 0) is 19.0 Å². The summed E-state index contributed by atoms with van der Waals surface area (Å²) >= 11 is 5.52. The van der Waals surface area contributed by atoms with E-state index in [0.29, 0.717) is 13.2 Å². The molecule has 0 saturated heterocycles. The van der Waals surface area contributed by atoms with Gasteiger partial charge in [-0.3, -0.25) is 4.79 Å². The molecule has 2 unspecified atom stereocenters. The first-order valence-electron chi connectivity index (χ1n) is 4.45. The van der Waals surface area contributed by atoms with Crippen molar-refractivity contribution in [2.24, 2.45) is 0 Å². The van der Waals surface area contributed by atoms with Gasteiger partial charge >= 0.3 is 5.97 Å². The lowest BCUT2D eigenvalue weighted by molar-refractivity contribution is -0.188. The van der Waals surface area contributed by atoms with E-state index < -0.39 is 17.6 Å². The van der Waals surface area contributed by atoms with Gasteiger partial charge in [0.2, 0.25) is 6.29 Å². The Kier molecular flexibility index (Phi) is 7.84. The Balaban J connectivity index is 3.88. The average molecular weight is 224 g/mol. The van der Waals surface area contributed by atoms with Gasteiger partial charge in [-0.1, -0.05) is 0 Å². The molecule has 0 spiro atoms. The van der Waals surface area contributed by atoms with E-state index in [0.717, 1.165) is 0 Å². The van der Waals surface area contributed by atoms with Gasteiger partial charge in [-0.05, 0) is 20.8 Å². The van der Waals surface area contributed by atoms with Crippen molar-refractivity contribution in [3.8, 4) is 0 Å². The van der Waals surface area contributed by atoms with Gasteiger partial charge in [0.15, 0.2) is 0 Å². The molecular weight excluding hydrogens is 208 g/mol. The quantitative estimate of drug-likeness (QED) is 0.372. The molecule has 0 bridgehead atoms. The molecule has 0 fully saturated rings. The van der Waals surface area contributed by atoms with Gasteiger partial charge < -0.3 is 14.2 Å². The molecule has 4 nitrogen and oxygen atoms in total. The molecule has 2 atom stereocenters. The van der Waals surface area contributed by atoms with Crippen LogP contribution in [0.5, 0.6) is 0 Å². The smallest absolute Gasteiger partial charge is 0.326 e. The maximum absolute atomic E-state index is 11.1. The number of hydrogen-bond donors (Lipinski definition) is 0. The summed E-state index contributed by atoms with van der Waals surface area (Å²) in [4.78, 5) is 11.1. The number of carbonyl (C=O) groups excluding carboxylic acids is 1. The third-order valence-corrected chi connectivity index (χ3v) is 1.50. The Bertz CT molecular complexity index is 161. The number of ether oxygens (including phenoxy) is 3. The molecule has 0 amide bonds. The molecule has 0 aromatic rings. The van der Waals surface area contributed by atoms with E-state index in [4.69, 9.17) is 25.8 Å². The highest BCUT2D eigenvalue weighted by Gasteiger charge is 2.18. The maximum atomic E-state index is 11.1. The number of halogens is 1. The highest BCUT2D eigenvalue weighted by atomic mass is 35.5. The van der Waals surface area contributed by atoms with Crippen LogP contribution in [0.15, 0.2) is 0 Å². The van der Waals surface area contributed by atoms with Gasteiger partial charge in [-0.15, -0.1) is 11.6 Å². The van der Waals surface area contributed by atoms with Crippen LogP contribution in [0, 0.1) is 6.92 Å². The number of rotatable bonds is 7. The molecule has 0 aromatic heterocycles. The normalized spacial score (nSPS) is 14.9. The molecule has 14 heavy (non-hydrogen) atoms. The predicted molar refractivity (Wildman–Crippen MR) is 53.0 cm³/mol. The molecule has 0 N–H and O–H groups in total. The van der Waals surface area contributed by atoms with Crippen molar-refractivity contribution in [2.75, 3.05) is 19.8 Å². The summed E-state index contributed by atoms with van der Waals surface area (Å²) in [6.45, 7) is 7.74. The summed E-state index contributed by atoms with van der Waals surface area (Å²) in [6.07, 6.45) is -0.699. The maximum Gasteiger partial charge on any atom is 0.326 e. The molecule has 0 rings (SSSR count). The number of hydrogen-bond acceptors (Lipinski definition) is 4. The lowest BCUT2D eigenvalue weighted by atomic mass is 10.5. The molecule has 0 aliphatic carbocycles. The van der Waals surface area contributed by atoms with Crippen LogP contribution in [0.3, 0.4) is 0 Å². The van der Waals surface area contributed by atoms with Crippen LogP contribution >= 0.6 is 11.6 Å². The second-order valence-corrected chi connectivity index (χ2v) is 3.17. The molecule has 0 aliphatic heterocycles. The molecule has 83 valence electrons. The largest absolute Gasteiger partial charge is 0.432 e. The van der Waals surface area contributed by atoms with E-state index in [1.807, 2.05) is 0 Å². The Morgan fingerprint density at radius 3 is 2.64 bits per heavy atom. The van der Waals surface area contributed by atoms with Gasteiger partial charge in [0.25, 0.3) is 0 Å². The zero-order chi connectivity index (χ0) is 11.0. The van der Waals surface area contributed by atoms with Crippen molar-refractivity contribution in [1.82, 2.24) is 0 Å². The zero-order valence-corrected chi connectivity index (χ0v) is 9.25. The fraction of sp³-hybridized carbons (Fsp3) is 0.778. The van der Waals surface area contributed by atoms with E-state index >= 15 is 0 Å². The van der Waals surface area contributed by atoms with Crippen molar-refractivity contribution in [2.45, 2.75) is 25.5 Å². The first-order chi connectivity index (χ1) is 6.61. The molecular formula is C9H16ClO4. The minimum Gasteiger partial charge on any atom is -0.432 e. The van der Waals surface area contributed by atoms with Crippen molar-refractivity contribution >= 4 is 17.6 Å². The summed E-state index contributed by atoms with van der Waals surface area (Å²) in [6, 6.07) is 0. The summed E-state index contributed by atoms with van der Waals surface area (Å²) in [7, 11) is 0. The van der Waals surface area contributed by atoms with E-state index in [1.54, 1.807) is 6.92 Å². The number of esters is 1. The average Bonchev–Trinajstić information content (AvgIpc) is 2.14. The summed E-state index contributed by atoms with van der Waals surface area (Å²) < 4.78 is 15.0. The molecule has 1 radical (unpaired) electrons. The van der Waals surface area contributed by atoms with Crippen LogP contribution in [-0.4, -0.2) is 37.5 Å². The first kappa shape index (κ1) is 13.7. The zero-order valence-electron chi connectivity index (χ0n) is 8.49. The summed E-state index contributed by atoms with van der Waals surface area (Å²) in [5, 5.41) is -0.683.